The van der Waals surface area contributed by atoms with Crippen molar-refractivity contribution in [2.45, 2.75) is 19.9 Å². The summed E-state index contributed by atoms with van der Waals surface area (Å²) in [6.07, 6.45) is 0.226. The molecular weight excluding hydrogens is 352 g/mol. The van der Waals surface area contributed by atoms with E-state index >= 15 is 0 Å². The molecule has 5 nitrogen and oxygen atoms in total. The van der Waals surface area contributed by atoms with Crippen LogP contribution < -0.4 is 5.63 Å². The van der Waals surface area contributed by atoms with Crippen LogP contribution in [0, 0.1) is 6.92 Å². The predicted molar refractivity (Wildman–Crippen MR) is 109 cm³/mol. The number of rotatable bonds is 4. The third-order valence-corrected chi connectivity index (χ3v) is 5.30. The molecule has 0 saturated carbocycles. The fourth-order valence-electron chi connectivity index (χ4n) is 3.76. The molecule has 0 spiro atoms. The Kier molecular flexibility index (Phi) is 5.26. The van der Waals surface area contributed by atoms with Gasteiger partial charge in [-0.15, -0.1) is 0 Å². The van der Waals surface area contributed by atoms with Crippen molar-refractivity contribution in [1.82, 2.24) is 9.80 Å². The van der Waals surface area contributed by atoms with Crippen LogP contribution in [0.1, 0.15) is 16.7 Å². The lowest BCUT2D eigenvalue weighted by atomic mass is 10.0. The lowest BCUT2D eigenvalue weighted by molar-refractivity contribution is -0.132. The van der Waals surface area contributed by atoms with Crippen LogP contribution in [-0.2, 0) is 17.8 Å². The Bertz CT molecular complexity index is 1030. The average molecular weight is 376 g/mol. The third kappa shape index (κ3) is 4.15. The Hall–Kier alpha value is -2.92. The standard InChI is InChI=1S/C23H24N2O3/c1-17-7-8-20-19(15-23(27)28-21(20)13-17)14-22(26)25-11-9-24(10-12-25)16-18-5-3-2-4-6-18/h2-8,13,15H,9-12,14,16H2,1H3. The van der Waals surface area contributed by atoms with Gasteiger partial charge in [-0.25, -0.2) is 4.79 Å². The highest BCUT2D eigenvalue weighted by Gasteiger charge is 2.22. The number of aryl methyl sites for hydroxylation is 1. The van der Waals surface area contributed by atoms with Gasteiger partial charge in [-0.1, -0.05) is 42.5 Å². The summed E-state index contributed by atoms with van der Waals surface area (Å²) in [7, 11) is 0. The average Bonchev–Trinajstić information content (AvgIpc) is 2.69. The molecule has 1 saturated heterocycles. The first-order chi connectivity index (χ1) is 13.6. The molecule has 0 atom stereocenters. The van der Waals surface area contributed by atoms with Gasteiger partial charge in [0.15, 0.2) is 0 Å². The molecule has 4 rings (SSSR count). The normalized spacial score (nSPS) is 15.1. The van der Waals surface area contributed by atoms with E-state index in [-0.39, 0.29) is 12.3 Å². The maximum atomic E-state index is 12.8. The zero-order chi connectivity index (χ0) is 19.5. The van der Waals surface area contributed by atoms with Gasteiger partial charge in [0.2, 0.25) is 5.91 Å². The summed E-state index contributed by atoms with van der Waals surface area (Å²) in [6.45, 7) is 6.00. The first-order valence-corrected chi connectivity index (χ1v) is 9.66. The molecule has 1 aromatic heterocycles. The van der Waals surface area contributed by atoms with Gasteiger partial charge in [-0.3, -0.25) is 9.69 Å². The van der Waals surface area contributed by atoms with Crippen LogP contribution >= 0.6 is 0 Å². The Morgan fingerprint density at radius 1 is 1.00 bits per heavy atom. The quantitative estimate of drug-likeness (QED) is 0.657. The van der Waals surface area contributed by atoms with Gasteiger partial charge in [0, 0.05) is 44.2 Å². The number of benzene rings is 2. The largest absolute Gasteiger partial charge is 0.423 e. The Balaban J connectivity index is 1.41. The maximum absolute atomic E-state index is 12.8. The molecule has 0 radical (unpaired) electrons. The fraction of sp³-hybridized carbons (Fsp3) is 0.304. The molecule has 2 heterocycles. The molecule has 5 heteroatoms. The first-order valence-electron chi connectivity index (χ1n) is 9.66. The summed E-state index contributed by atoms with van der Waals surface area (Å²) in [4.78, 5) is 29.0. The van der Waals surface area contributed by atoms with Crippen molar-refractivity contribution in [2.75, 3.05) is 26.2 Å². The van der Waals surface area contributed by atoms with Crippen LogP contribution in [0.3, 0.4) is 0 Å². The SMILES string of the molecule is Cc1ccc2c(CC(=O)N3CCN(Cc4ccccc4)CC3)cc(=O)oc2c1. The lowest BCUT2D eigenvalue weighted by Gasteiger charge is -2.35. The summed E-state index contributed by atoms with van der Waals surface area (Å²) >= 11 is 0. The number of fused-ring (bicyclic) bond motifs is 1. The van der Waals surface area contributed by atoms with Crippen LogP contribution in [0.2, 0.25) is 0 Å². The van der Waals surface area contributed by atoms with E-state index in [1.54, 1.807) is 0 Å². The fourth-order valence-corrected chi connectivity index (χ4v) is 3.76. The van der Waals surface area contributed by atoms with E-state index in [4.69, 9.17) is 4.42 Å². The van der Waals surface area contributed by atoms with Crippen LogP contribution in [0.4, 0.5) is 0 Å². The Labute approximate surface area is 164 Å². The second-order valence-corrected chi connectivity index (χ2v) is 7.41. The molecule has 2 aromatic carbocycles. The molecule has 1 aliphatic heterocycles. The highest BCUT2D eigenvalue weighted by atomic mass is 16.4. The van der Waals surface area contributed by atoms with Crippen molar-refractivity contribution < 1.29 is 9.21 Å². The topological polar surface area (TPSA) is 53.8 Å². The molecule has 0 N–H and O–H groups in total. The smallest absolute Gasteiger partial charge is 0.336 e. The molecular formula is C23H24N2O3. The second-order valence-electron chi connectivity index (χ2n) is 7.41. The van der Waals surface area contributed by atoms with Gasteiger partial charge >= 0.3 is 5.63 Å². The lowest BCUT2D eigenvalue weighted by Crippen LogP contribution is -2.48. The van der Waals surface area contributed by atoms with Crippen LogP contribution in [-0.4, -0.2) is 41.9 Å². The zero-order valence-corrected chi connectivity index (χ0v) is 16.1. The van der Waals surface area contributed by atoms with Crippen molar-refractivity contribution in [3.63, 3.8) is 0 Å². The Morgan fingerprint density at radius 3 is 2.50 bits per heavy atom. The van der Waals surface area contributed by atoms with E-state index in [2.05, 4.69) is 29.2 Å². The predicted octanol–water partition coefficient (Wildman–Crippen LogP) is 2.99. The summed E-state index contributed by atoms with van der Waals surface area (Å²) in [5, 5.41) is 0.835. The molecule has 0 unspecified atom stereocenters. The van der Waals surface area contributed by atoms with Crippen LogP contribution in [0.25, 0.3) is 11.0 Å². The second kappa shape index (κ2) is 7.98. The van der Waals surface area contributed by atoms with Crippen molar-refractivity contribution >= 4 is 16.9 Å². The maximum Gasteiger partial charge on any atom is 0.336 e. The number of carbonyl (C=O) groups is 1. The monoisotopic (exact) mass is 376 g/mol. The summed E-state index contributed by atoms with van der Waals surface area (Å²) < 4.78 is 5.29. The van der Waals surface area contributed by atoms with Crippen LogP contribution in [0.15, 0.2) is 63.8 Å². The number of nitrogens with zero attached hydrogens (tertiary/aromatic N) is 2. The van der Waals surface area contributed by atoms with E-state index in [1.165, 1.54) is 11.6 Å². The first kappa shape index (κ1) is 18.4. The number of hydrogen-bond donors (Lipinski definition) is 0. The van der Waals surface area contributed by atoms with E-state index in [1.807, 2.05) is 36.1 Å². The van der Waals surface area contributed by atoms with E-state index in [9.17, 15) is 9.59 Å². The Morgan fingerprint density at radius 2 is 1.75 bits per heavy atom. The van der Waals surface area contributed by atoms with Crippen LogP contribution in [0.5, 0.6) is 0 Å². The van der Waals surface area contributed by atoms with E-state index in [0.29, 0.717) is 18.7 Å². The van der Waals surface area contributed by atoms with Gasteiger partial charge in [0.1, 0.15) is 5.58 Å². The van der Waals surface area contributed by atoms with E-state index < -0.39 is 5.63 Å². The van der Waals surface area contributed by atoms with Gasteiger partial charge in [0.25, 0.3) is 0 Å². The summed E-state index contributed by atoms with van der Waals surface area (Å²) in [5.74, 6) is 0.0619. The number of piperazine rings is 1. The number of amides is 1. The van der Waals surface area contributed by atoms with E-state index in [0.717, 1.165) is 36.1 Å². The van der Waals surface area contributed by atoms with Gasteiger partial charge in [-0.2, -0.15) is 0 Å². The highest BCUT2D eigenvalue weighted by Crippen LogP contribution is 2.20. The van der Waals surface area contributed by atoms with Crippen molar-refractivity contribution in [3.8, 4) is 0 Å². The van der Waals surface area contributed by atoms with Gasteiger partial charge in [0.05, 0.1) is 6.42 Å². The van der Waals surface area contributed by atoms with Crippen molar-refractivity contribution in [3.05, 3.63) is 81.7 Å². The molecule has 3 aromatic rings. The molecule has 0 aliphatic carbocycles. The zero-order valence-electron chi connectivity index (χ0n) is 16.1. The molecule has 0 bridgehead atoms. The van der Waals surface area contributed by atoms with Crippen molar-refractivity contribution in [1.29, 1.82) is 0 Å². The minimum Gasteiger partial charge on any atom is -0.423 e. The summed E-state index contributed by atoms with van der Waals surface area (Å²) in [5.41, 5.74) is 3.19. The van der Waals surface area contributed by atoms with Gasteiger partial charge in [-0.05, 0) is 29.7 Å². The highest BCUT2D eigenvalue weighted by molar-refractivity contribution is 5.87. The minimum absolute atomic E-state index is 0.0619. The summed E-state index contributed by atoms with van der Waals surface area (Å²) in [6, 6.07) is 17.6. The molecule has 144 valence electrons. The number of carbonyl (C=O) groups excluding carboxylic acids is 1. The van der Waals surface area contributed by atoms with Gasteiger partial charge < -0.3 is 9.32 Å². The molecule has 1 amide bonds. The minimum atomic E-state index is -0.409. The molecule has 1 aliphatic rings. The third-order valence-electron chi connectivity index (χ3n) is 5.30. The number of hydrogen-bond acceptors (Lipinski definition) is 4. The van der Waals surface area contributed by atoms with Crippen molar-refractivity contribution in [2.24, 2.45) is 0 Å². The molecule has 28 heavy (non-hydrogen) atoms. The molecule has 1 fully saturated rings.